The Bertz CT molecular complexity index is 1310. The highest BCUT2D eigenvalue weighted by molar-refractivity contribution is 8.27. The topological polar surface area (TPSA) is 61.9 Å². The van der Waals surface area contributed by atoms with Crippen LogP contribution in [-0.2, 0) is 9.59 Å². The molecule has 0 aliphatic carbocycles. The molecule has 0 bridgehead atoms. The predicted octanol–water partition coefficient (Wildman–Crippen LogP) is 5.83. The number of benzene rings is 3. The highest BCUT2D eigenvalue weighted by Crippen LogP contribution is 2.36. The van der Waals surface area contributed by atoms with Crippen LogP contribution in [0.25, 0.3) is 6.08 Å². The summed E-state index contributed by atoms with van der Waals surface area (Å²) in [5.41, 5.74) is 3.12. The second-order valence-electron chi connectivity index (χ2n) is 7.85. The van der Waals surface area contributed by atoms with E-state index in [2.05, 4.69) is 5.32 Å². The monoisotopic (exact) mass is 523 g/mol. The summed E-state index contributed by atoms with van der Waals surface area (Å²) in [6, 6.07) is 21.7. The number of carbonyl (C=O) groups excluding carboxylic acids is 2. The lowest BCUT2D eigenvalue weighted by molar-refractivity contribution is -0.118. The van der Waals surface area contributed by atoms with Crippen molar-refractivity contribution in [3.8, 4) is 5.75 Å². The van der Waals surface area contributed by atoms with Crippen LogP contribution in [0, 0.1) is 0 Å². The van der Waals surface area contributed by atoms with Gasteiger partial charge in [-0.15, -0.1) is 0 Å². The fraction of sp³-hybridized carbons (Fsp3) is 0.115. The average molecular weight is 524 g/mol. The number of halogens is 1. The highest BCUT2D eigenvalue weighted by Gasteiger charge is 2.33. The van der Waals surface area contributed by atoms with E-state index in [1.54, 1.807) is 48.5 Å². The maximum absolute atomic E-state index is 13.1. The van der Waals surface area contributed by atoms with Crippen molar-refractivity contribution in [2.45, 2.75) is 0 Å². The van der Waals surface area contributed by atoms with Gasteiger partial charge in [-0.3, -0.25) is 14.5 Å². The van der Waals surface area contributed by atoms with Crippen molar-refractivity contribution in [2.75, 3.05) is 35.8 Å². The van der Waals surface area contributed by atoms with Crippen LogP contribution in [0.5, 0.6) is 5.75 Å². The van der Waals surface area contributed by atoms with E-state index < -0.39 is 0 Å². The van der Waals surface area contributed by atoms with Crippen LogP contribution in [0.3, 0.4) is 0 Å². The minimum Gasteiger partial charge on any atom is -0.484 e. The Hall–Kier alpha value is -3.33. The maximum atomic E-state index is 13.1. The molecule has 0 aromatic heterocycles. The molecular weight excluding hydrogens is 502 g/mol. The maximum Gasteiger partial charge on any atom is 0.270 e. The Morgan fingerprint density at radius 1 is 1.11 bits per heavy atom. The molecule has 1 saturated heterocycles. The van der Waals surface area contributed by atoms with E-state index in [1.807, 2.05) is 49.3 Å². The summed E-state index contributed by atoms with van der Waals surface area (Å²) >= 11 is 12.7. The second-order valence-corrected chi connectivity index (χ2v) is 9.96. The zero-order valence-corrected chi connectivity index (χ0v) is 21.4. The van der Waals surface area contributed by atoms with E-state index in [9.17, 15) is 9.59 Å². The van der Waals surface area contributed by atoms with E-state index in [0.29, 0.717) is 25.7 Å². The lowest BCUT2D eigenvalue weighted by Gasteiger charge is -2.17. The van der Waals surface area contributed by atoms with Crippen molar-refractivity contribution in [2.24, 2.45) is 0 Å². The molecule has 35 heavy (non-hydrogen) atoms. The Morgan fingerprint density at radius 3 is 2.57 bits per heavy atom. The van der Waals surface area contributed by atoms with Gasteiger partial charge < -0.3 is 15.0 Å². The van der Waals surface area contributed by atoms with Crippen molar-refractivity contribution >= 4 is 74.9 Å². The number of amides is 2. The van der Waals surface area contributed by atoms with Crippen LogP contribution in [-0.4, -0.2) is 36.8 Å². The molecule has 0 unspecified atom stereocenters. The molecule has 1 fully saturated rings. The lowest BCUT2D eigenvalue weighted by Crippen LogP contribution is -2.27. The third-order valence-corrected chi connectivity index (χ3v) is 6.59. The van der Waals surface area contributed by atoms with E-state index in [-0.39, 0.29) is 18.4 Å². The third-order valence-electron chi connectivity index (χ3n) is 5.05. The van der Waals surface area contributed by atoms with Crippen LogP contribution in [0.4, 0.5) is 17.1 Å². The van der Waals surface area contributed by atoms with Crippen molar-refractivity contribution in [3.63, 3.8) is 0 Å². The van der Waals surface area contributed by atoms with Gasteiger partial charge in [0, 0.05) is 30.5 Å². The first-order valence-electron chi connectivity index (χ1n) is 10.6. The Morgan fingerprint density at radius 2 is 1.86 bits per heavy atom. The smallest absolute Gasteiger partial charge is 0.270 e. The number of nitrogens with zero attached hydrogens (tertiary/aromatic N) is 2. The molecule has 3 aromatic rings. The van der Waals surface area contributed by atoms with Crippen molar-refractivity contribution in [1.29, 1.82) is 0 Å². The fourth-order valence-corrected chi connectivity index (χ4v) is 4.84. The summed E-state index contributed by atoms with van der Waals surface area (Å²) < 4.78 is 6.11. The SMILES string of the molecule is CN(C)c1ccc(N2C(=O)/C(=C/c3cccc(OCC(=O)Nc4cccc(Cl)c4)c3)SC2=S)cc1. The van der Waals surface area contributed by atoms with Gasteiger partial charge in [0.1, 0.15) is 5.75 Å². The third kappa shape index (κ3) is 6.22. The van der Waals surface area contributed by atoms with Gasteiger partial charge in [0.15, 0.2) is 10.9 Å². The molecule has 6 nitrogen and oxygen atoms in total. The molecule has 178 valence electrons. The lowest BCUT2D eigenvalue weighted by atomic mass is 10.2. The highest BCUT2D eigenvalue weighted by atomic mass is 35.5. The van der Waals surface area contributed by atoms with Crippen LogP contribution in [0.1, 0.15) is 5.56 Å². The molecule has 2 amide bonds. The number of carbonyl (C=O) groups is 2. The van der Waals surface area contributed by atoms with Gasteiger partial charge in [0.25, 0.3) is 11.8 Å². The number of hydrogen-bond donors (Lipinski definition) is 1. The summed E-state index contributed by atoms with van der Waals surface area (Å²) in [4.78, 5) is 29.3. The zero-order valence-electron chi connectivity index (χ0n) is 19.0. The molecule has 1 heterocycles. The van der Waals surface area contributed by atoms with Gasteiger partial charge >= 0.3 is 0 Å². The number of rotatable bonds is 7. The summed E-state index contributed by atoms with van der Waals surface area (Å²) in [7, 11) is 3.92. The number of anilines is 3. The Labute approximate surface area is 218 Å². The van der Waals surface area contributed by atoms with E-state index in [0.717, 1.165) is 16.9 Å². The molecule has 0 atom stereocenters. The van der Waals surface area contributed by atoms with Gasteiger partial charge in [0.05, 0.1) is 10.6 Å². The second kappa shape index (κ2) is 10.9. The summed E-state index contributed by atoms with van der Waals surface area (Å²) in [5.74, 6) is 0.0263. The van der Waals surface area contributed by atoms with Crippen molar-refractivity contribution in [3.05, 3.63) is 88.3 Å². The first kappa shape index (κ1) is 24.8. The van der Waals surface area contributed by atoms with E-state index in [4.69, 9.17) is 28.6 Å². The minimum atomic E-state index is -0.307. The summed E-state index contributed by atoms with van der Waals surface area (Å²) in [6.45, 7) is -0.166. The standard InChI is InChI=1S/C26H22ClN3O3S2/c1-29(2)20-9-11-21(12-10-20)30-25(32)23(35-26(30)34)14-17-5-3-8-22(13-17)33-16-24(31)28-19-7-4-6-18(27)15-19/h3-15H,16H2,1-2H3,(H,28,31)/b23-14-. The number of ether oxygens (including phenoxy) is 1. The predicted molar refractivity (Wildman–Crippen MR) is 148 cm³/mol. The van der Waals surface area contributed by atoms with Crippen LogP contribution >= 0.6 is 35.6 Å². The van der Waals surface area contributed by atoms with Gasteiger partial charge in [-0.2, -0.15) is 0 Å². The van der Waals surface area contributed by atoms with E-state index >= 15 is 0 Å². The molecule has 0 spiro atoms. The minimum absolute atomic E-state index is 0.166. The van der Waals surface area contributed by atoms with Crippen molar-refractivity contribution in [1.82, 2.24) is 0 Å². The number of nitrogens with one attached hydrogen (secondary N) is 1. The van der Waals surface area contributed by atoms with Gasteiger partial charge in [-0.05, 0) is 66.2 Å². The summed E-state index contributed by atoms with van der Waals surface area (Å²) in [5, 5.41) is 3.27. The number of thiocarbonyl (C=S) groups is 1. The van der Waals surface area contributed by atoms with Gasteiger partial charge in [-0.1, -0.05) is 53.8 Å². The quantitative estimate of drug-likeness (QED) is 0.310. The molecule has 1 aliphatic rings. The van der Waals surface area contributed by atoms with Gasteiger partial charge in [0.2, 0.25) is 0 Å². The van der Waals surface area contributed by atoms with Gasteiger partial charge in [-0.25, -0.2) is 0 Å². The normalized spacial score (nSPS) is 14.4. The molecule has 1 aliphatic heterocycles. The zero-order chi connectivity index (χ0) is 24.9. The Balaban J connectivity index is 1.42. The molecule has 0 radical (unpaired) electrons. The first-order chi connectivity index (χ1) is 16.8. The molecule has 1 N–H and O–H groups in total. The van der Waals surface area contributed by atoms with Crippen LogP contribution in [0.2, 0.25) is 5.02 Å². The number of thioether (sulfide) groups is 1. The summed E-state index contributed by atoms with van der Waals surface area (Å²) in [6.07, 6.45) is 1.77. The molecule has 3 aromatic carbocycles. The first-order valence-corrected chi connectivity index (χ1v) is 12.2. The van der Waals surface area contributed by atoms with Crippen LogP contribution in [0.15, 0.2) is 77.7 Å². The molecule has 0 saturated carbocycles. The van der Waals surface area contributed by atoms with E-state index in [1.165, 1.54) is 16.7 Å². The Kier molecular flexibility index (Phi) is 7.75. The molecule has 4 rings (SSSR count). The largest absolute Gasteiger partial charge is 0.484 e. The molecular formula is C26H22ClN3O3S2. The number of hydrogen-bond acceptors (Lipinski definition) is 6. The van der Waals surface area contributed by atoms with Crippen molar-refractivity contribution < 1.29 is 14.3 Å². The fourth-order valence-electron chi connectivity index (χ4n) is 3.35. The molecule has 9 heteroatoms. The van der Waals surface area contributed by atoms with Crippen LogP contribution < -0.4 is 19.9 Å². The average Bonchev–Trinajstić information content (AvgIpc) is 3.10.